The molecular weight excluding hydrogens is 428 g/mol. The van der Waals surface area contributed by atoms with Gasteiger partial charge in [0.2, 0.25) is 5.91 Å². The Hall–Kier alpha value is -2.60. The Balaban J connectivity index is 1.74. The van der Waals surface area contributed by atoms with Gasteiger partial charge in [-0.15, -0.1) is 10.2 Å². The van der Waals surface area contributed by atoms with Gasteiger partial charge in [-0.3, -0.25) is 9.36 Å². The van der Waals surface area contributed by atoms with Gasteiger partial charge in [0.25, 0.3) is 0 Å². The predicted octanol–water partition coefficient (Wildman–Crippen LogP) is 6.26. The van der Waals surface area contributed by atoms with Crippen LogP contribution in [0.2, 0.25) is 0 Å². The highest BCUT2D eigenvalue weighted by Crippen LogP contribution is 2.27. The van der Waals surface area contributed by atoms with Crippen LogP contribution < -0.4 is 5.32 Å². The Morgan fingerprint density at radius 2 is 1.79 bits per heavy atom. The second-order valence-corrected chi connectivity index (χ2v) is 11.1. The topological polar surface area (TPSA) is 59.8 Å². The fourth-order valence-corrected chi connectivity index (χ4v) is 5.01. The minimum atomic E-state index is 0.0548. The number of nitrogens with one attached hydrogen (secondary N) is 1. The second kappa shape index (κ2) is 11.0. The summed E-state index contributed by atoms with van der Waals surface area (Å²) >= 11 is 1.66. The van der Waals surface area contributed by atoms with Gasteiger partial charge in [-0.05, 0) is 49.3 Å². The van der Waals surface area contributed by atoms with E-state index in [0.717, 1.165) is 28.8 Å². The van der Waals surface area contributed by atoms with Crippen LogP contribution in [0, 0.1) is 25.2 Å². The van der Waals surface area contributed by atoms with E-state index in [9.17, 15) is 4.79 Å². The summed E-state index contributed by atoms with van der Waals surface area (Å²) in [6, 6.07) is 16.8. The average molecular weight is 465 g/mol. The lowest BCUT2D eigenvalue weighted by Crippen LogP contribution is -2.27. The first-order chi connectivity index (χ1) is 15.6. The largest absolute Gasteiger partial charge is 0.349 e. The summed E-state index contributed by atoms with van der Waals surface area (Å²) in [5, 5.41) is 12.8. The van der Waals surface area contributed by atoms with Crippen LogP contribution in [0.1, 0.15) is 63.1 Å². The van der Waals surface area contributed by atoms with Crippen molar-refractivity contribution in [2.75, 3.05) is 0 Å². The summed E-state index contributed by atoms with van der Waals surface area (Å²) in [6.45, 7) is 13.3. The van der Waals surface area contributed by atoms with E-state index in [1.807, 2.05) is 0 Å². The highest BCUT2D eigenvalue weighted by molar-refractivity contribution is 7.98. The number of aromatic nitrogens is 3. The summed E-state index contributed by atoms with van der Waals surface area (Å²) in [5.41, 5.74) is 4.92. The van der Waals surface area contributed by atoms with Crippen molar-refractivity contribution in [3.05, 3.63) is 71.0 Å². The van der Waals surface area contributed by atoms with Crippen LogP contribution in [0.15, 0.2) is 53.7 Å². The van der Waals surface area contributed by atoms with Crippen molar-refractivity contribution in [2.24, 2.45) is 11.3 Å². The molecule has 0 spiro atoms. The molecule has 5 nitrogen and oxygen atoms in total. The van der Waals surface area contributed by atoms with Gasteiger partial charge >= 0.3 is 0 Å². The second-order valence-electron chi connectivity index (χ2n) is 10.2. The molecule has 2 aromatic carbocycles. The highest BCUT2D eigenvalue weighted by atomic mass is 32.2. The van der Waals surface area contributed by atoms with Crippen molar-refractivity contribution >= 4 is 17.7 Å². The Morgan fingerprint density at radius 1 is 1.06 bits per heavy atom. The maximum absolute atomic E-state index is 12.6. The first kappa shape index (κ1) is 25.0. The maximum Gasteiger partial charge on any atom is 0.220 e. The Labute approximate surface area is 202 Å². The van der Waals surface area contributed by atoms with Crippen molar-refractivity contribution in [3.63, 3.8) is 0 Å². The van der Waals surface area contributed by atoms with Crippen LogP contribution in [0.25, 0.3) is 5.69 Å². The molecule has 1 N–H and O–H groups in total. The molecule has 0 fully saturated rings. The number of thioether (sulfide) groups is 1. The molecule has 1 atom stereocenters. The zero-order chi connectivity index (χ0) is 24.0. The molecule has 3 aromatic rings. The van der Waals surface area contributed by atoms with Crippen LogP contribution in [0.3, 0.4) is 0 Å². The molecule has 0 saturated carbocycles. The summed E-state index contributed by atoms with van der Waals surface area (Å²) in [4.78, 5) is 12.6. The van der Waals surface area contributed by atoms with Crippen LogP contribution in [0.5, 0.6) is 0 Å². The van der Waals surface area contributed by atoms with Crippen molar-refractivity contribution in [2.45, 2.75) is 71.8 Å². The molecule has 0 saturated heterocycles. The Bertz CT molecular complexity index is 1070. The molecule has 0 radical (unpaired) electrons. The van der Waals surface area contributed by atoms with Gasteiger partial charge in [0.05, 0.1) is 6.54 Å². The maximum atomic E-state index is 12.6. The van der Waals surface area contributed by atoms with E-state index in [2.05, 4.69) is 110 Å². The molecule has 176 valence electrons. The first-order valence-electron chi connectivity index (χ1n) is 11.6. The predicted molar refractivity (Wildman–Crippen MR) is 137 cm³/mol. The van der Waals surface area contributed by atoms with Gasteiger partial charge in [0.1, 0.15) is 0 Å². The van der Waals surface area contributed by atoms with Gasteiger partial charge in [-0.2, -0.15) is 0 Å². The number of nitrogens with zero attached hydrogens (tertiary/aromatic N) is 3. The lowest BCUT2D eigenvalue weighted by molar-refractivity contribution is -0.122. The third-order valence-electron chi connectivity index (χ3n) is 5.38. The number of benzene rings is 2. The minimum absolute atomic E-state index is 0.0548. The lowest BCUT2D eigenvalue weighted by Gasteiger charge is -2.22. The molecule has 0 aliphatic rings. The van der Waals surface area contributed by atoms with Crippen LogP contribution >= 0.6 is 11.8 Å². The van der Waals surface area contributed by atoms with E-state index in [0.29, 0.717) is 18.9 Å². The van der Waals surface area contributed by atoms with Crippen LogP contribution in [-0.2, 0) is 17.1 Å². The fraction of sp³-hybridized carbons (Fsp3) is 0.444. The quantitative estimate of drug-likeness (QED) is 0.380. The zero-order valence-electron chi connectivity index (χ0n) is 20.7. The monoisotopic (exact) mass is 464 g/mol. The molecule has 6 heteroatoms. The fourth-order valence-electron chi connectivity index (χ4n) is 4.10. The average Bonchev–Trinajstić information content (AvgIpc) is 3.13. The standard InChI is InChI=1S/C27H36N4OS/c1-19-10-12-23(13-11-19)31-24(17-28-25(32)15-21(3)16-27(4,5)6)29-30-26(31)33-18-22-9-7-8-20(2)14-22/h7-14,21H,15-18H2,1-6H3,(H,28,32). The number of hydrogen-bond donors (Lipinski definition) is 1. The molecule has 0 aliphatic carbocycles. The molecule has 1 unspecified atom stereocenters. The van der Waals surface area contributed by atoms with E-state index in [-0.39, 0.29) is 11.3 Å². The molecule has 1 aromatic heterocycles. The Kier molecular flexibility index (Phi) is 8.35. The lowest BCUT2D eigenvalue weighted by atomic mass is 9.84. The van der Waals surface area contributed by atoms with E-state index in [4.69, 9.17) is 0 Å². The van der Waals surface area contributed by atoms with E-state index in [1.165, 1.54) is 16.7 Å². The first-order valence-corrected chi connectivity index (χ1v) is 12.6. The zero-order valence-corrected chi connectivity index (χ0v) is 21.5. The number of rotatable bonds is 9. The highest BCUT2D eigenvalue weighted by Gasteiger charge is 2.19. The normalized spacial score (nSPS) is 12.5. The SMILES string of the molecule is Cc1ccc(-n2c(CNC(=O)CC(C)CC(C)(C)C)nnc2SCc2cccc(C)c2)cc1. The number of aryl methyl sites for hydroxylation is 2. The summed E-state index contributed by atoms with van der Waals surface area (Å²) in [6.07, 6.45) is 1.53. The van der Waals surface area contributed by atoms with E-state index in [1.54, 1.807) is 11.8 Å². The minimum Gasteiger partial charge on any atom is -0.349 e. The van der Waals surface area contributed by atoms with Gasteiger partial charge in [0, 0.05) is 17.9 Å². The van der Waals surface area contributed by atoms with Gasteiger partial charge < -0.3 is 5.32 Å². The van der Waals surface area contributed by atoms with Crippen molar-refractivity contribution in [1.29, 1.82) is 0 Å². The van der Waals surface area contributed by atoms with Gasteiger partial charge in [0.15, 0.2) is 11.0 Å². The van der Waals surface area contributed by atoms with Crippen LogP contribution in [-0.4, -0.2) is 20.7 Å². The number of carbonyl (C=O) groups excluding carboxylic acids is 1. The summed E-state index contributed by atoms with van der Waals surface area (Å²) < 4.78 is 2.05. The molecule has 0 bridgehead atoms. The van der Waals surface area contributed by atoms with Gasteiger partial charge in [-0.1, -0.05) is 87.0 Å². The molecule has 0 aliphatic heterocycles. The number of hydrogen-bond acceptors (Lipinski definition) is 4. The summed E-state index contributed by atoms with van der Waals surface area (Å²) in [5.74, 6) is 1.93. The molecule has 1 heterocycles. The molecule has 33 heavy (non-hydrogen) atoms. The smallest absolute Gasteiger partial charge is 0.220 e. The van der Waals surface area contributed by atoms with Crippen molar-refractivity contribution < 1.29 is 4.79 Å². The van der Waals surface area contributed by atoms with E-state index >= 15 is 0 Å². The summed E-state index contributed by atoms with van der Waals surface area (Å²) in [7, 11) is 0. The number of carbonyl (C=O) groups is 1. The molecule has 1 amide bonds. The van der Waals surface area contributed by atoms with Crippen LogP contribution in [0.4, 0.5) is 0 Å². The van der Waals surface area contributed by atoms with Gasteiger partial charge in [-0.25, -0.2) is 0 Å². The Morgan fingerprint density at radius 3 is 2.45 bits per heavy atom. The number of amides is 1. The third-order valence-corrected chi connectivity index (χ3v) is 6.38. The van der Waals surface area contributed by atoms with E-state index < -0.39 is 0 Å². The molecular formula is C27H36N4OS. The van der Waals surface area contributed by atoms with Crippen molar-refractivity contribution in [3.8, 4) is 5.69 Å². The third kappa shape index (κ3) is 7.74. The van der Waals surface area contributed by atoms with Crippen molar-refractivity contribution in [1.82, 2.24) is 20.1 Å². The molecule has 3 rings (SSSR count).